The third-order valence-corrected chi connectivity index (χ3v) is 4.80. The normalized spacial score (nSPS) is 19.8. The summed E-state index contributed by atoms with van der Waals surface area (Å²) in [5.74, 6) is 0. The topological polar surface area (TPSA) is 46.2 Å². The molecule has 0 heterocycles. The fourth-order valence-corrected chi connectivity index (χ4v) is 3.56. The molecule has 2 aliphatic carbocycles. The molecule has 3 nitrogen and oxygen atoms in total. The van der Waals surface area contributed by atoms with Crippen molar-refractivity contribution in [3.63, 3.8) is 0 Å². The van der Waals surface area contributed by atoms with E-state index < -0.39 is 10.0 Å². The average molecular weight is 237 g/mol. The van der Waals surface area contributed by atoms with Crippen LogP contribution in [-0.4, -0.2) is 14.5 Å². The van der Waals surface area contributed by atoms with Crippen molar-refractivity contribution in [3.8, 4) is 0 Å². The molecule has 16 heavy (non-hydrogen) atoms. The number of fused-ring (bicyclic) bond motifs is 1. The second-order valence-corrected chi connectivity index (χ2v) is 6.39. The van der Waals surface area contributed by atoms with Crippen molar-refractivity contribution in [1.82, 2.24) is 4.72 Å². The lowest BCUT2D eigenvalue weighted by atomic mass is 10.1. The highest BCUT2D eigenvalue weighted by Crippen LogP contribution is 2.26. The molecular weight excluding hydrogens is 222 g/mol. The van der Waals surface area contributed by atoms with Gasteiger partial charge in [-0.1, -0.05) is 6.07 Å². The van der Waals surface area contributed by atoms with Gasteiger partial charge in [-0.2, -0.15) is 0 Å². The molecule has 0 unspecified atom stereocenters. The molecule has 4 heteroatoms. The summed E-state index contributed by atoms with van der Waals surface area (Å²) < 4.78 is 26.7. The lowest BCUT2D eigenvalue weighted by Crippen LogP contribution is -2.25. The highest BCUT2D eigenvalue weighted by atomic mass is 32.2. The summed E-state index contributed by atoms with van der Waals surface area (Å²) in [5.41, 5.74) is 2.52. The molecule has 1 aromatic rings. The van der Waals surface area contributed by atoms with Gasteiger partial charge < -0.3 is 0 Å². The van der Waals surface area contributed by atoms with Crippen molar-refractivity contribution in [2.75, 3.05) is 0 Å². The number of aryl methyl sites for hydroxylation is 2. The second kappa shape index (κ2) is 3.57. The number of rotatable bonds is 3. The van der Waals surface area contributed by atoms with Crippen LogP contribution in [-0.2, 0) is 22.9 Å². The molecule has 0 atom stereocenters. The van der Waals surface area contributed by atoms with Crippen LogP contribution >= 0.6 is 0 Å². The van der Waals surface area contributed by atoms with Crippen LogP contribution in [0.5, 0.6) is 0 Å². The minimum Gasteiger partial charge on any atom is -0.208 e. The molecule has 86 valence electrons. The van der Waals surface area contributed by atoms with Gasteiger partial charge in [0, 0.05) is 6.04 Å². The Balaban J connectivity index is 1.93. The highest BCUT2D eigenvalue weighted by molar-refractivity contribution is 7.89. The first-order chi connectivity index (χ1) is 7.65. The van der Waals surface area contributed by atoms with E-state index in [0.29, 0.717) is 4.90 Å². The maximum Gasteiger partial charge on any atom is 0.240 e. The van der Waals surface area contributed by atoms with Crippen LogP contribution in [0, 0.1) is 0 Å². The van der Waals surface area contributed by atoms with E-state index in [1.54, 1.807) is 6.07 Å². The van der Waals surface area contributed by atoms with E-state index in [2.05, 4.69) is 4.72 Å². The van der Waals surface area contributed by atoms with Crippen molar-refractivity contribution >= 4 is 10.0 Å². The molecule has 2 aliphatic rings. The van der Waals surface area contributed by atoms with E-state index in [4.69, 9.17) is 0 Å². The summed E-state index contributed by atoms with van der Waals surface area (Å²) in [7, 11) is -3.27. The summed E-state index contributed by atoms with van der Waals surface area (Å²) >= 11 is 0. The Hall–Kier alpha value is -0.870. The van der Waals surface area contributed by atoms with Crippen molar-refractivity contribution in [2.24, 2.45) is 0 Å². The van der Waals surface area contributed by atoms with Gasteiger partial charge in [-0.05, 0) is 55.4 Å². The van der Waals surface area contributed by atoms with Gasteiger partial charge in [0.2, 0.25) is 10.0 Å². The number of hydrogen-bond acceptors (Lipinski definition) is 2. The number of benzene rings is 1. The molecule has 0 saturated heterocycles. The van der Waals surface area contributed by atoms with Crippen LogP contribution in [0.25, 0.3) is 0 Å². The van der Waals surface area contributed by atoms with Crippen LogP contribution in [0.2, 0.25) is 0 Å². The van der Waals surface area contributed by atoms with E-state index in [1.807, 2.05) is 12.1 Å². The summed E-state index contributed by atoms with van der Waals surface area (Å²) in [6, 6.07) is 5.71. The fraction of sp³-hybridized carbons (Fsp3) is 0.500. The van der Waals surface area contributed by atoms with E-state index in [-0.39, 0.29) is 6.04 Å². The lowest BCUT2D eigenvalue weighted by molar-refractivity contribution is 0.581. The van der Waals surface area contributed by atoms with Crippen molar-refractivity contribution < 1.29 is 8.42 Å². The van der Waals surface area contributed by atoms with Gasteiger partial charge in [-0.3, -0.25) is 0 Å². The first kappa shape index (κ1) is 10.3. The standard InChI is InChI=1S/C12H15NO2S/c14-16(15,13-11-5-6-11)12-7-4-9-2-1-3-10(9)8-12/h4,7-8,11,13H,1-3,5-6H2. The van der Waals surface area contributed by atoms with Crippen LogP contribution in [0.3, 0.4) is 0 Å². The van der Waals surface area contributed by atoms with Crippen molar-refractivity contribution in [2.45, 2.75) is 43.0 Å². The SMILES string of the molecule is O=S(=O)(NC1CC1)c1ccc2c(c1)CCC2. The third-order valence-electron chi connectivity index (χ3n) is 3.28. The minimum absolute atomic E-state index is 0.179. The molecule has 0 bridgehead atoms. The molecular formula is C12H15NO2S. The van der Waals surface area contributed by atoms with Crippen LogP contribution < -0.4 is 4.72 Å². The molecule has 1 aromatic carbocycles. The van der Waals surface area contributed by atoms with Gasteiger partial charge in [-0.15, -0.1) is 0 Å². The van der Waals surface area contributed by atoms with Gasteiger partial charge in [-0.25, -0.2) is 13.1 Å². The molecule has 0 radical (unpaired) electrons. The summed E-state index contributed by atoms with van der Waals surface area (Å²) in [5, 5.41) is 0. The molecule has 0 aliphatic heterocycles. The van der Waals surface area contributed by atoms with Gasteiger partial charge in [0.25, 0.3) is 0 Å². The zero-order valence-corrected chi connectivity index (χ0v) is 9.89. The Morgan fingerprint density at radius 3 is 2.62 bits per heavy atom. The third kappa shape index (κ3) is 1.87. The van der Waals surface area contributed by atoms with Crippen molar-refractivity contribution in [1.29, 1.82) is 0 Å². The maximum atomic E-state index is 12.0. The second-order valence-electron chi connectivity index (χ2n) is 4.68. The molecule has 1 N–H and O–H groups in total. The number of sulfonamides is 1. The molecule has 0 spiro atoms. The van der Waals surface area contributed by atoms with E-state index >= 15 is 0 Å². The Labute approximate surface area is 95.9 Å². The highest BCUT2D eigenvalue weighted by Gasteiger charge is 2.28. The monoisotopic (exact) mass is 237 g/mol. The summed E-state index contributed by atoms with van der Waals surface area (Å²) in [6.45, 7) is 0. The summed E-state index contributed by atoms with van der Waals surface area (Å²) in [6.07, 6.45) is 5.21. The average Bonchev–Trinajstić information content (AvgIpc) is 2.93. The maximum absolute atomic E-state index is 12.0. The van der Waals surface area contributed by atoms with Gasteiger partial charge in [0.1, 0.15) is 0 Å². The minimum atomic E-state index is -3.27. The van der Waals surface area contributed by atoms with Crippen LogP contribution in [0.1, 0.15) is 30.4 Å². The van der Waals surface area contributed by atoms with Crippen LogP contribution in [0.4, 0.5) is 0 Å². The molecule has 3 rings (SSSR count). The Bertz CT molecular complexity index is 518. The predicted octanol–water partition coefficient (Wildman–Crippen LogP) is 1.62. The van der Waals surface area contributed by atoms with Crippen molar-refractivity contribution in [3.05, 3.63) is 29.3 Å². The van der Waals surface area contributed by atoms with Gasteiger partial charge in [0.15, 0.2) is 0 Å². The number of hydrogen-bond donors (Lipinski definition) is 1. The smallest absolute Gasteiger partial charge is 0.208 e. The van der Waals surface area contributed by atoms with Gasteiger partial charge >= 0.3 is 0 Å². The van der Waals surface area contributed by atoms with Crippen LogP contribution in [0.15, 0.2) is 23.1 Å². The molecule has 1 fully saturated rings. The number of nitrogens with one attached hydrogen (secondary N) is 1. The Morgan fingerprint density at radius 2 is 1.88 bits per heavy atom. The van der Waals surface area contributed by atoms with E-state index in [1.165, 1.54) is 11.1 Å². The predicted molar refractivity (Wildman–Crippen MR) is 61.8 cm³/mol. The first-order valence-electron chi connectivity index (χ1n) is 5.79. The summed E-state index contributed by atoms with van der Waals surface area (Å²) in [4.78, 5) is 0.431. The van der Waals surface area contributed by atoms with E-state index in [0.717, 1.165) is 32.1 Å². The zero-order chi connectivity index (χ0) is 11.2. The lowest BCUT2D eigenvalue weighted by Gasteiger charge is -2.07. The Kier molecular flexibility index (Phi) is 2.30. The van der Waals surface area contributed by atoms with E-state index in [9.17, 15) is 8.42 Å². The first-order valence-corrected chi connectivity index (χ1v) is 7.28. The van der Waals surface area contributed by atoms with Gasteiger partial charge in [0.05, 0.1) is 4.90 Å². The molecule has 0 amide bonds. The largest absolute Gasteiger partial charge is 0.240 e. The fourth-order valence-electron chi connectivity index (χ4n) is 2.20. The zero-order valence-electron chi connectivity index (χ0n) is 9.07. The Morgan fingerprint density at radius 1 is 1.12 bits per heavy atom. The molecule has 0 aromatic heterocycles. The molecule has 1 saturated carbocycles. The quantitative estimate of drug-likeness (QED) is 0.868.